The van der Waals surface area contributed by atoms with Gasteiger partial charge in [-0.05, 0) is 92.3 Å². The third kappa shape index (κ3) is 7.15. The molecule has 1 saturated heterocycles. The lowest BCUT2D eigenvalue weighted by Gasteiger charge is -2.38. The second-order valence-corrected chi connectivity index (χ2v) is 10.5. The van der Waals surface area contributed by atoms with Crippen molar-refractivity contribution >= 4 is 28.6 Å². The van der Waals surface area contributed by atoms with E-state index in [-0.39, 0.29) is 18.3 Å². The Labute approximate surface area is 216 Å². The largest absolute Gasteiger partial charge is 0.497 e. The number of ether oxygens (including phenoxy) is 1. The minimum atomic E-state index is -0.750. The average Bonchev–Trinajstić information content (AvgIpc) is 2.90. The van der Waals surface area contributed by atoms with Crippen molar-refractivity contribution < 1.29 is 19.7 Å². The van der Waals surface area contributed by atoms with Crippen LogP contribution in [0.15, 0.2) is 53.8 Å². The van der Waals surface area contributed by atoms with Gasteiger partial charge in [-0.2, -0.15) is 10.2 Å². The summed E-state index contributed by atoms with van der Waals surface area (Å²) in [7, 11) is 1.62. The van der Waals surface area contributed by atoms with Gasteiger partial charge in [0.2, 0.25) is 0 Å². The second kappa shape index (κ2) is 13.0. The van der Waals surface area contributed by atoms with Gasteiger partial charge >= 0.3 is 5.97 Å². The number of aliphatic hydroxyl groups excluding tert-OH is 1. The van der Waals surface area contributed by atoms with E-state index >= 15 is 0 Å². The number of carbonyl (C=O) groups is 1. The van der Waals surface area contributed by atoms with Crippen molar-refractivity contribution in [2.75, 3.05) is 32.5 Å². The molecule has 8 nitrogen and oxygen atoms in total. The molecule has 1 fully saturated rings. The Morgan fingerprint density at radius 3 is 2.89 bits per heavy atom. The first-order valence-electron chi connectivity index (χ1n) is 12.5. The number of aromatic nitrogens is 3. The van der Waals surface area contributed by atoms with Gasteiger partial charge < -0.3 is 19.8 Å². The number of pyridine rings is 1. The first-order chi connectivity index (χ1) is 17.5. The van der Waals surface area contributed by atoms with Crippen molar-refractivity contribution in [3.63, 3.8) is 0 Å². The smallest absolute Gasteiger partial charge is 0.303 e. The highest BCUT2D eigenvalue weighted by Gasteiger charge is 2.31. The highest BCUT2D eigenvalue weighted by molar-refractivity contribution is 7.99. The molecule has 9 heteroatoms. The number of carboxylic acid groups (broad SMARTS) is 1. The molecule has 2 N–H and O–H groups in total. The van der Waals surface area contributed by atoms with Gasteiger partial charge in [0, 0.05) is 29.4 Å². The number of fused-ring (bicyclic) bond motifs is 1. The summed E-state index contributed by atoms with van der Waals surface area (Å²) in [5.74, 6) is 1.35. The lowest BCUT2D eigenvalue weighted by atomic mass is 9.79. The second-order valence-electron chi connectivity index (χ2n) is 9.36. The van der Waals surface area contributed by atoms with E-state index in [2.05, 4.69) is 20.1 Å². The molecule has 0 spiro atoms. The van der Waals surface area contributed by atoms with E-state index in [4.69, 9.17) is 4.74 Å². The van der Waals surface area contributed by atoms with Crippen molar-refractivity contribution in [3.8, 4) is 5.75 Å². The topological polar surface area (TPSA) is 109 Å². The van der Waals surface area contributed by atoms with Gasteiger partial charge in [-0.3, -0.25) is 9.78 Å². The number of piperidine rings is 1. The minimum Gasteiger partial charge on any atom is -0.497 e. The molecule has 4 rings (SSSR count). The number of methoxy groups -OCH3 is 1. The van der Waals surface area contributed by atoms with Crippen molar-refractivity contribution in [1.82, 2.24) is 20.1 Å². The number of carboxylic acids is 1. The van der Waals surface area contributed by atoms with Gasteiger partial charge in [-0.25, -0.2) is 0 Å². The number of hydrogen-bond acceptors (Lipinski definition) is 8. The fraction of sp³-hybridized carbons (Fsp3) is 0.481. The average molecular weight is 511 g/mol. The molecule has 0 amide bonds. The summed E-state index contributed by atoms with van der Waals surface area (Å²) in [5.41, 5.74) is 1.66. The number of likely N-dealkylation sites (tertiary alicyclic amines) is 1. The van der Waals surface area contributed by atoms with Gasteiger partial charge in [0.25, 0.3) is 0 Å². The van der Waals surface area contributed by atoms with Crippen molar-refractivity contribution in [3.05, 3.63) is 54.5 Å². The third-order valence-electron chi connectivity index (χ3n) is 7.01. The molecule has 1 aliphatic rings. The van der Waals surface area contributed by atoms with Crippen LogP contribution in [0.5, 0.6) is 5.75 Å². The monoisotopic (exact) mass is 510 g/mol. The fourth-order valence-electron chi connectivity index (χ4n) is 5.13. The fourth-order valence-corrected chi connectivity index (χ4v) is 5.92. The summed E-state index contributed by atoms with van der Waals surface area (Å²) >= 11 is 1.77. The van der Waals surface area contributed by atoms with Crippen LogP contribution < -0.4 is 4.74 Å². The van der Waals surface area contributed by atoms with E-state index in [0.29, 0.717) is 6.42 Å². The first-order valence-corrected chi connectivity index (χ1v) is 13.5. The van der Waals surface area contributed by atoms with Crippen molar-refractivity contribution in [2.24, 2.45) is 11.8 Å². The standard InChI is InChI=1S/C27H34N4O4S/c1-35-21-4-5-25-24(16-21)23(8-10-28-25)26(32)6-3-19-9-13-31(18-20(19)15-27(33)34)12-2-14-36-22-7-11-29-30-17-22/h4-5,7-8,10-11,16-17,19-20,26,32H,2-3,6,9,12-15,18H2,1H3,(H,33,34)/t19-,20+,26?/m1/s1. The van der Waals surface area contributed by atoms with Crippen LogP contribution >= 0.6 is 11.8 Å². The van der Waals surface area contributed by atoms with Gasteiger partial charge in [-0.15, -0.1) is 11.8 Å². The van der Waals surface area contributed by atoms with Gasteiger partial charge in [0.15, 0.2) is 0 Å². The van der Waals surface area contributed by atoms with Crippen LogP contribution in [0.1, 0.15) is 43.8 Å². The Hall–Kier alpha value is -2.75. The van der Waals surface area contributed by atoms with E-state index in [0.717, 1.165) is 71.8 Å². The molecule has 0 saturated carbocycles. The van der Waals surface area contributed by atoms with Crippen LogP contribution in [0.4, 0.5) is 0 Å². The summed E-state index contributed by atoms with van der Waals surface area (Å²) < 4.78 is 5.35. The van der Waals surface area contributed by atoms with E-state index in [1.807, 2.05) is 30.3 Å². The number of nitrogens with zero attached hydrogens (tertiary/aromatic N) is 4. The number of aliphatic carboxylic acids is 1. The molecule has 2 aromatic heterocycles. The number of thioether (sulfide) groups is 1. The number of benzene rings is 1. The normalized spacial score (nSPS) is 19.3. The maximum absolute atomic E-state index is 11.6. The Morgan fingerprint density at radius 2 is 2.11 bits per heavy atom. The van der Waals surface area contributed by atoms with Crippen LogP contribution in [0.2, 0.25) is 0 Å². The van der Waals surface area contributed by atoms with Crippen molar-refractivity contribution in [2.45, 2.75) is 43.1 Å². The van der Waals surface area contributed by atoms with E-state index in [1.54, 1.807) is 37.5 Å². The molecule has 0 aliphatic carbocycles. The predicted molar refractivity (Wildman–Crippen MR) is 140 cm³/mol. The van der Waals surface area contributed by atoms with Crippen molar-refractivity contribution in [1.29, 1.82) is 0 Å². The lowest BCUT2D eigenvalue weighted by Crippen LogP contribution is -2.42. The van der Waals surface area contributed by atoms with E-state index in [9.17, 15) is 15.0 Å². The van der Waals surface area contributed by atoms with Crippen LogP contribution in [0.25, 0.3) is 10.9 Å². The highest BCUT2D eigenvalue weighted by Crippen LogP contribution is 2.35. The molecule has 1 aromatic carbocycles. The Kier molecular flexibility index (Phi) is 9.49. The number of aliphatic hydroxyl groups is 1. The van der Waals surface area contributed by atoms with E-state index < -0.39 is 12.1 Å². The zero-order chi connectivity index (χ0) is 25.3. The molecule has 3 aromatic rings. The zero-order valence-electron chi connectivity index (χ0n) is 20.6. The van der Waals surface area contributed by atoms with Gasteiger partial charge in [-0.1, -0.05) is 0 Å². The maximum atomic E-state index is 11.6. The summed E-state index contributed by atoms with van der Waals surface area (Å²) in [4.78, 5) is 19.5. The summed E-state index contributed by atoms with van der Waals surface area (Å²) in [6.07, 6.45) is 8.12. The van der Waals surface area contributed by atoms with E-state index in [1.165, 1.54) is 0 Å². The summed E-state index contributed by atoms with van der Waals surface area (Å²) in [5, 5.41) is 29.2. The number of hydrogen-bond donors (Lipinski definition) is 2. The molecular weight excluding hydrogens is 476 g/mol. The molecule has 1 aliphatic heterocycles. The third-order valence-corrected chi connectivity index (χ3v) is 8.08. The molecule has 1 unspecified atom stereocenters. The van der Waals surface area contributed by atoms with Gasteiger partial charge in [0.05, 0.1) is 31.1 Å². The van der Waals surface area contributed by atoms with Gasteiger partial charge in [0.1, 0.15) is 5.75 Å². The number of rotatable bonds is 12. The van der Waals surface area contributed by atoms with Crippen LogP contribution in [0, 0.1) is 11.8 Å². The maximum Gasteiger partial charge on any atom is 0.303 e. The molecule has 0 radical (unpaired) electrons. The molecule has 0 bridgehead atoms. The summed E-state index contributed by atoms with van der Waals surface area (Å²) in [6, 6.07) is 9.51. The molecule has 192 valence electrons. The van der Waals surface area contributed by atoms with Crippen LogP contribution in [0.3, 0.4) is 0 Å². The SMILES string of the molecule is COc1ccc2nccc(C(O)CC[C@@H]3CCN(CCCSc4ccnnc4)C[C@@H]3CC(=O)O)c2c1. The lowest BCUT2D eigenvalue weighted by molar-refractivity contribution is -0.139. The van der Waals surface area contributed by atoms with Crippen LogP contribution in [-0.4, -0.2) is 68.8 Å². The first kappa shape index (κ1) is 26.3. The quantitative estimate of drug-likeness (QED) is 0.270. The Morgan fingerprint density at radius 1 is 1.22 bits per heavy atom. The molecular formula is C27H34N4O4S. The Bertz CT molecular complexity index is 1130. The molecule has 36 heavy (non-hydrogen) atoms. The highest BCUT2D eigenvalue weighted by atomic mass is 32.2. The zero-order valence-corrected chi connectivity index (χ0v) is 21.4. The molecule has 3 atom stereocenters. The predicted octanol–water partition coefficient (Wildman–Crippen LogP) is 4.44. The minimum absolute atomic E-state index is 0.0924. The Balaban J connectivity index is 1.31. The summed E-state index contributed by atoms with van der Waals surface area (Å²) in [6.45, 7) is 2.72. The molecule has 3 heterocycles. The van der Waals surface area contributed by atoms with Crippen LogP contribution in [-0.2, 0) is 4.79 Å².